The summed E-state index contributed by atoms with van der Waals surface area (Å²) in [5, 5.41) is 3.81. The highest BCUT2D eigenvalue weighted by Gasteiger charge is 2.23. The highest BCUT2D eigenvalue weighted by molar-refractivity contribution is 7.92. The molecule has 142 valence electrons. The Balaban J connectivity index is 1.67. The molecule has 1 amide bonds. The van der Waals surface area contributed by atoms with Gasteiger partial charge in [0.15, 0.2) is 0 Å². The first-order valence-corrected chi connectivity index (χ1v) is 10.8. The molecule has 0 radical (unpaired) electrons. The molecule has 2 N–H and O–H groups in total. The number of benzene rings is 1. The normalized spacial score (nSPS) is 18.3. The van der Waals surface area contributed by atoms with E-state index in [0.29, 0.717) is 18.3 Å². The van der Waals surface area contributed by atoms with Crippen molar-refractivity contribution in [2.75, 3.05) is 30.6 Å². The molecule has 1 atom stereocenters. The first-order chi connectivity index (χ1) is 12.4. The van der Waals surface area contributed by atoms with Gasteiger partial charge in [-0.3, -0.25) is 14.4 Å². The smallest absolute Gasteiger partial charge is 0.239 e. The molecule has 7 nitrogen and oxygen atoms in total. The lowest BCUT2D eigenvalue weighted by Crippen LogP contribution is -2.40. The maximum absolute atomic E-state index is 12.4. The van der Waals surface area contributed by atoms with E-state index in [1.807, 2.05) is 22.9 Å². The fourth-order valence-corrected chi connectivity index (χ4v) is 4.21. The van der Waals surface area contributed by atoms with E-state index in [-0.39, 0.29) is 12.5 Å². The number of likely N-dealkylation sites (N-methyl/N-ethyl adjacent to an activating group) is 1. The minimum atomic E-state index is -3.35. The second-order valence-corrected chi connectivity index (χ2v) is 8.53. The second kappa shape index (κ2) is 7.67. The van der Waals surface area contributed by atoms with Gasteiger partial charge in [-0.15, -0.1) is 0 Å². The number of hydrogen-bond acceptors (Lipinski definition) is 4. The van der Waals surface area contributed by atoms with Crippen LogP contribution in [0, 0.1) is 0 Å². The van der Waals surface area contributed by atoms with Crippen LogP contribution in [0.15, 0.2) is 30.5 Å². The number of carbonyl (C=O) groups excluding carboxylic acids is 1. The van der Waals surface area contributed by atoms with Crippen LogP contribution in [-0.4, -0.2) is 55.7 Å². The maximum atomic E-state index is 12.4. The van der Waals surface area contributed by atoms with E-state index >= 15 is 0 Å². The van der Waals surface area contributed by atoms with Gasteiger partial charge in [-0.25, -0.2) is 8.42 Å². The van der Waals surface area contributed by atoms with Gasteiger partial charge in [0.25, 0.3) is 0 Å². The van der Waals surface area contributed by atoms with Crippen LogP contribution in [0.4, 0.5) is 5.69 Å². The summed E-state index contributed by atoms with van der Waals surface area (Å²) in [4.78, 5) is 14.8. The molecule has 1 fully saturated rings. The fraction of sp³-hybridized carbons (Fsp3) is 0.500. The Bertz CT molecular complexity index is 891. The highest BCUT2D eigenvalue weighted by Crippen LogP contribution is 2.25. The average molecular weight is 378 g/mol. The third kappa shape index (κ3) is 4.37. The van der Waals surface area contributed by atoms with Gasteiger partial charge in [-0.05, 0) is 44.1 Å². The standard InChI is InChI=1S/C18H26N4O3S/c1-3-21-10-5-6-14(21)12-19-18(23)13-22-11-9-15-16(20-26(2,24)25)7-4-8-17(15)22/h4,7-9,11,14,20H,3,5-6,10,12-13H2,1-2H3,(H,19,23). The van der Waals surface area contributed by atoms with Crippen molar-refractivity contribution in [1.82, 2.24) is 14.8 Å². The number of rotatable bonds is 7. The van der Waals surface area contributed by atoms with E-state index in [9.17, 15) is 13.2 Å². The van der Waals surface area contributed by atoms with Crippen molar-refractivity contribution in [1.29, 1.82) is 0 Å². The fourth-order valence-electron chi connectivity index (χ4n) is 3.63. The summed E-state index contributed by atoms with van der Waals surface area (Å²) in [5.41, 5.74) is 1.35. The van der Waals surface area contributed by atoms with Gasteiger partial charge < -0.3 is 9.88 Å². The summed E-state index contributed by atoms with van der Waals surface area (Å²) >= 11 is 0. The van der Waals surface area contributed by atoms with Gasteiger partial charge in [-0.2, -0.15) is 0 Å². The van der Waals surface area contributed by atoms with Crippen LogP contribution in [0.25, 0.3) is 10.9 Å². The summed E-state index contributed by atoms with van der Waals surface area (Å²) in [7, 11) is -3.35. The molecule has 1 aromatic carbocycles. The Morgan fingerprint density at radius 3 is 2.85 bits per heavy atom. The number of carbonyl (C=O) groups is 1. The molecule has 1 unspecified atom stereocenters. The lowest BCUT2D eigenvalue weighted by Gasteiger charge is -2.22. The third-order valence-corrected chi connectivity index (χ3v) is 5.45. The molecule has 3 rings (SSSR count). The Kier molecular flexibility index (Phi) is 5.52. The number of anilines is 1. The molecule has 0 spiro atoms. The summed E-state index contributed by atoms with van der Waals surface area (Å²) in [6.07, 6.45) is 5.25. The van der Waals surface area contributed by atoms with Crippen LogP contribution in [-0.2, 0) is 21.4 Å². The number of nitrogens with zero attached hydrogens (tertiary/aromatic N) is 2. The Morgan fingerprint density at radius 1 is 1.31 bits per heavy atom. The second-order valence-electron chi connectivity index (χ2n) is 6.78. The van der Waals surface area contributed by atoms with Crippen LogP contribution < -0.4 is 10.0 Å². The van der Waals surface area contributed by atoms with Crippen molar-refractivity contribution in [3.05, 3.63) is 30.5 Å². The number of hydrogen-bond donors (Lipinski definition) is 2. The summed E-state index contributed by atoms with van der Waals surface area (Å²) in [6.45, 7) is 5.15. The Labute approximate surface area is 154 Å². The van der Waals surface area contributed by atoms with Crippen LogP contribution in [0.5, 0.6) is 0 Å². The topological polar surface area (TPSA) is 83.4 Å². The zero-order chi connectivity index (χ0) is 18.7. The van der Waals surface area contributed by atoms with E-state index in [4.69, 9.17) is 0 Å². The van der Waals surface area contributed by atoms with Gasteiger partial charge in [0.2, 0.25) is 15.9 Å². The lowest BCUT2D eigenvalue weighted by molar-refractivity contribution is -0.121. The van der Waals surface area contributed by atoms with Crippen molar-refractivity contribution in [3.8, 4) is 0 Å². The molecular formula is C18H26N4O3S. The lowest BCUT2D eigenvalue weighted by atomic mass is 10.2. The molecule has 1 aliphatic rings. The molecule has 1 aromatic heterocycles. The monoisotopic (exact) mass is 378 g/mol. The van der Waals surface area contributed by atoms with Crippen LogP contribution in [0.2, 0.25) is 0 Å². The van der Waals surface area contributed by atoms with Gasteiger partial charge in [0.05, 0.1) is 17.5 Å². The summed E-state index contributed by atoms with van der Waals surface area (Å²) in [5.74, 6) is -0.0353. The van der Waals surface area contributed by atoms with Crippen molar-refractivity contribution < 1.29 is 13.2 Å². The first-order valence-electron chi connectivity index (χ1n) is 8.94. The SMILES string of the molecule is CCN1CCCC1CNC(=O)Cn1ccc2c(NS(C)(=O)=O)cccc21. The van der Waals surface area contributed by atoms with E-state index < -0.39 is 10.0 Å². The number of nitrogens with one attached hydrogen (secondary N) is 2. The molecule has 1 aliphatic heterocycles. The predicted molar refractivity (Wildman–Crippen MR) is 104 cm³/mol. The average Bonchev–Trinajstić information content (AvgIpc) is 3.19. The number of likely N-dealkylation sites (tertiary alicyclic amines) is 1. The molecular weight excluding hydrogens is 352 g/mol. The molecule has 2 heterocycles. The van der Waals surface area contributed by atoms with Crippen molar-refractivity contribution in [2.45, 2.75) is 32.4 Å². The quantitative estimate of drug-likeness (QED) is 0.767. The van der Waals surface area contributed by atoms with Crippen molar-refractivity contribution >= 4 is 32.5 Å². The van der Waals surface area contributed by atoms with Crippen LogP contribution in [0.1, 0.15) is 19.8 Å². The maximum Gasteiger partial charge on any atom is 0.239 e. The summed E-state index contributed by atoms with van der Waals surface area (Å²) < 4.78 is 27.4. The molecule has 0 bridgehead atoms. The van der Waals surface area contributed by atoms with E-state index in [1.165, 1.54) is 6.42 Å². The molecule has 8 heteroatoms. The zero-order valence-electron chi connectivity index (χ0n) is 15.2. The Hall–Kier alpha value is -2.06. The minimum Gasteiger partial charge on any atom is -0.353 e. The number of fused-ring (bicyclic) bond motifs is 1. The predicted octanol–water partition coefficient (Wildman–Crippen LogP) is 1.61. The minimum absolute atomic E-state index is 0.0353. The third-order valence-electron chi connectivity index (χ3n) is 4.86. The highest BCUT2D eigenvalue weighted by atomic mass is 32.2. The van der Waals surface area contributed by atoms with Crippen LogP contribution >= 0.6 is 0 Å². The van der Waals surface area contributed by atoms with Gasteiger partial charge in [0.1, 0.15) is 6.54 Å². The Morgan fingerprint density at radius 2 is 2.12 bits per heavy atom. The van der Waals surface area contributed by atoms with Gasteiger partial charge >= 0.3 is 0 Å². The number of sulfonamides is 1. The molecule has 0 saturated carbocycles. The van der Waals surface area contributed by atoms with Crippen molar-refractivity contribution in [3.63, 3.8) is 0 Å². The first kappa shape index (κ1) is 18.7. The molecule has 1 saturated heterocycles. The number of aromatic nitrogens is 1. The number of amides is 1. The zero-order valence-corrected chi connectivity index (χ0v) is 16.1. The van der Waals surface area contributed by atoms with Gasteiger partial charge in [0, 0.05) is 24.2 Å². The van der Waals surface area contributed by atoms with E-state index in [0.717, 1.165) is 36.7 Å². The van der Waals surface area contributed by atoms with Crippen LogP contribution in [0.3, 0.4) is 0 Å². The molecule has 26 heavy (non-hydrogen) atoms. The summed E-state index contributed by atoms with van der Waals surface area (Å²) in [6, 6.07) is 7.63. The largest absolute Gasteiger partial charge is 0.353 e. The van der Waals surface area contributed by atoms with E-state index in [1.54, 1.807) is 12.1 Å². The molecule has 2 aromatic rings. The van der Waals surface area contributed by atoms with E-state index in [2.05, 4.69) is 21.9 Å². The van der Waals surface area contributed by atoms with Crippen molar-refractivity contribution in [2.24, 2.45) is 0 Å². The van der Waals surface area contributed by atoms with Gasteiger partial charge in [-0.1, -0.05) is 13.0 Å². The molecule has 0 aliphatic carbocycles.